The highest BCUT2D eigenvalue weighted by atomic mass is 32.2. The number of rotatable bonds is 3. The number of ketones is 1. The van der Waals surface area contributed by atoms with Crippen LogP contribution in [0, 0.1) is 10.1 Å². The second-order valence-electron chi connectivity index (χ2n) is 5.89. The first-order valence-corrected chi connectivity index (χ1v) is 9.02. The number of thioether (sulfide) groups is 1. The van der Waals surface area contributed by atoms with Crippen LogP contribution < -0.4 is 5.32 Å². The molecule has 0 aromatic heterocycles. The smallest absolute Gasteiger partial charge is 0.292 e. The fourth-order valence-corrected chi connectivity index (χ4v) is 4.06. The van der Waals surface area contributed by atoms with Crippen molar-refractivity contribution in [3.8, 4) is 0 Å². The Hall–Kier alpha value is -3.12. The number of nitro benzene ring substituents is 1. The molecule has 6 heteroatoms. The van der Waals surface area contributed by atoms with Gasteiger partial charge in [0, 0.05) is 33.5 Å². The van der Waals surface area contributed by atoms with Crippen LogP contribution in [-0.4, -0.2) is 10.7 Å². The van der Waals surface area contributed by atoms with Crippen molar-refractivity contribution in [2.24, 2.45) is 0 Å². The summed E-state index contributed by atoms with van der Waals surface area (Å²) in [5.41, 5.74) is 3.56. The summed E-state index contributed by atoms with van der Waals surface area (Å²) >= 11 is 1.60. The van der Waals surface area contributed by atoms with Gasteiger partial charge in [0.15, 0.2) is 5.78 Å². The van der Waals surface area contributed by atoms with Crippen molar-refractivity contribution < 1.29 is 9.72 Å². The van der Waals surface area contributed by atoms with Gasteiger partial charge in [-0.1, -0.05) is 36.4 Å². The van der Waals surface area contributed by atoms with Crippen molar-refractivity contribution >= 4 is 34.6 Å². The lowest BCUT2D eigenvalue weighted by Crippen LogP contribution is -2.04. The quantitative estimate of drug-likeness (QED) is 0.514. The lowest BCUT2D eigenvalue weighted by molar-refractivity contribution is -0.383. The molecule has 1 N–H and O–H groups in total. The van der Waals surface area contributed by atoms with Crippen molar-refractivity contribution in [2.45, 2.75) is 10.6 Å². The van der Waals surface area contributed by atoms with Crippen molar-refractivity contribution in [3.63, 3.8) is 0 Å². The van der Waals surface area contributed by atoms with Crippen LogP contribution in [0.3, 0.4) is 0 Å². The summed E-state index contributed by atoms with van der Waals surface area (Å²) in [4.78, 5) is 24.4. The fraction of sp³-hybridized carbons (Fsp3) is 0.0500. The summed E-state index contributed by atoms with van der Waals surface area (Å²) < 4.78 is 0. The predicted octanol–water partition coefficient (Wildman–Crippen LogP) is 5.18. The third kappa shape index (κ3) is 2.95. The number of benzene rings is 3. The van der Waals surface area contributed by atoms with Crippen molar-refractivity contribution in [3.05, 3.63) is 93.5 Å². The molecule has 3 aromatic rings. The molecule has 4 rings (SSSR count). The molecule has 1 heterocycles. The number of hydrogen-bond donors (Lipinski definition) is 1. The number of carbonyl (C=O) groups is 1. The molecular formula is C20H14N2O3S. The molecule has 0 radical (unpaired) electrons. The molecule has 26 heavy (non-hydrogen) atoms. The van der Waals surface area contributed by atoms with E-state index in [4.69, 9.17) is 0 Å². The van der Waals surface area contributed by atoms with Crippen LogP contribution in [0.15, 0.2) is 71.6 Å². The first-order chi connectivity index (χ1) is 12.6. The van der Waals surface area contributed by atoms with Crippen molar-refractivity contribution in [2.75, 3.05) is 5.32 Å². The van der Waals surface area contributed by atoms with Crippen LogP contribution in [0.2, 0.25) is 0 Å². The maximum Gasteiger partial charge on any atom is 0.292 e. The average Bonchev–Trinajstić information content (AvgIpc) is 2.79. The molecule has 3 aromatic carbocycles. The molecule has 0 amide bonds. The second kappa shape index (κ2) is 6.65. The number of fused-ring (bicyclic) bond motifs is 2. The zero-order valence-corrected chi connectivity index (χ0v) is 14.5. The summed E-state index contributed by atoms with van der Waals surface area (Å²) in [5, 5.41) is 14.3. The van der Waals surface area contributed by atoms with E-state index in [9.17, 15) is 14.9 Å². The maximum atomic E-state index is 12.8. The molecule has 1 aliphatic heterocycles. The molecule has 0 bridgehead atoms. The average molecular weight is 362 g/mol. The van der Waals surface area contributed by atoms with E-state index >= 15 is 0 Å². The highest BCUT2D eigenvalue weighted by molar-refractivity contribution is 7.98. The molecule has 0 atom stereocenters. The Bertz CT molecular complexity index is 1030. The Kier molecular flexibility index (Phi) is 4.18. The van der Waals surface area contributed by atoms with E-state index in [1.54, 1.807) is 42.1 Å². The summed E-state index contributed by atoms with van der Waals surface area (Å²) in [5.74, 6) is 0.724. The van der Waals surface area contributed by atoms with Gasteiger partial charge in [-0.15, -0.1) is 11.8 Å². The largest absolute Gasteiger partial charge is 0.350 e. The Labute approximate surface area is 154 Å². The third-order valence-corrected chi connectivity index (χ3v) is 5.36. The van der Waals surface area contributed by atoms with Gasteiger partial charge in [0.25, 0.3) is 5.69 Å². The lowest BCUT2D eigenvalue weighted by atomic mass is 9.99. The van der Waals surface area contributed by atoms with E-state index in [2.05, 4.69) is 5.32 Å². The van der Waals surface area contributed by atoms with Crippen LogP contribution in [0.4, 0.5) is 17.1 Å². The molecule has 5 nitrogen and oxygen atoms in total. The van der Waals surface area contributed by atoms with Crippen LogP contribution in [0.1, 0.15) is 21.5 Å². The van der Waals surface area contributed by atoms with Gasteiger partial charge in [-0.3, -0.25) is 14.9 Å². The number of hydrogen-bond acceptors (Lipinski definition) is 5. The zero-order valence-electron chi connectivity index (χ0n) is 13.6. The van der Waals surface area contributed by atoms with Gasteiger partial charge in [0.1, 0.15) is 5.69 Å². The highest BCUT2D eigenvalue weighted by Gasteiger charge is 2.22. The fourth-order valence-electron chi connectivity index (χ4n) is 2.97. The number of nitrogens with zero attached hydrogens (tertiary/aromatic N) is 1. The molecule has 128 valence electrons. The van der Waals surface area contributed by atoms with E-state index < -0.39 is 4.92 Å². The van der Waals surface area contributed by atoms with Gasteiger partial charge in [-0.2, -0.15) is 0 Å². The van der Waals surface area contributed by atoms with Crippen molar-refractivity contribution in [1.82, 2.24) is 0 Å². The summed E-state index contributed by atoms with van der Waals surface area (Å²) in [6.45, 7) is 0. The lowest BCUT2D eigenvalue weighted by Gasteiger charge is -2.10. The SMILES string of the molecule is O=C1c2ccccc2CSc2cc(Nc3ccccc3[N+](=O)[O-])ccc21. The molecule has 0 fully saturated rings. The molecule has 0 saturated heterocycles. The van der Waals surface area contributed by atoms with E-state index in [0.29, 0.717) is 22.7 Å². The van der Waals surface area contributed by atoms with Crippen LogP contribution in [0.5, 0.6) is 0 Å². The van der Waals surface area contributed by atoms with E-state index in [-0.39, 0.29) is 11.5 Å². The van der Waals surface area contributed by atoms with Crippen LogP contribution in [0.25, 0.3) is 0 Å². The molecule has 0 saturated carbocycles. The van der Waals surface area contributed by atoms with Crippen LogP contribution in [-0.2, 0) is 5.75 Å². The number of anilines is 2. The molecule has 0 spiro atoms. The predicted molar refractivity (Wildman–Crippen MR) is 102 cm³/mol. The number of nitrogens with one attached hydrogen (secondary N) is 1. The zero-order chi connectivity index (χ0) is 18.1. The summed E-state index contributed by atoms with van der Waals surface area (Å²) in [6, 6.07) is 19.6. The monoisotopic (exact) mass is 362 g/mol. The minimum Gasteiger partial charge on any atom is -0.350 e. The minimum atomic E-state index is -0.416. The van der Waals surface area contributed by atoms with E-state index in [1.807, 2.05) is 30.3 Å². The molecule has 0 aliphatic carbocycles. The van der Waals surface area contributed by atoms with Gasteiger partial charge in [-0.05, 0) is 29.8 Å². The topological polar surface area (TPSA) is 72.2 Å². The molecule has 1 aliphatic rings. The number of para-hydroxylation sites is 2. The molecular weight excluding hydrogens is 348 g/mol. The first-order valence-electron chi connectivity index (χ1n) is 8.03. The van der Waals surface area contributed by atoms with Crippen molar-refractivity contribution in [1.29, 1.82) is 0 Å². The Morgan fingerprint density at radius 3 is 2.58 bits per heavy atom. The Morgan fingerprint density at radius 2 is 1.73 bits per heavy atom. The van der Waals surface area contributed by atoms with E-state index in [0.717, 1.165) is 16.0 Å². The third-order valence-electron chi connectivity index (χ3n) is 4.25. The Morgan fingerprint density at radius 1 is 0.962 bits per heavy atom. The maximum absolute atomic E-state index is 12.8. The van der Waals surface area contributed by atoms with Gasteiger partial charge < -0.3 is 5.32 Å². The molecule has 0 unspecified atom stereocenters. The van der Waals surface area contributed by atoms with Gasteiger partial charge >= 0.3 is 0 Å². The number of nitro groups is 1. The number of carbonyl (C=O) groups excluding carboxylic acids is 1. The van der Waals surface area contributed by atoms with Gasteiger partial charge in [-0.25, -0.2) is 0 Å². The Balaban J connectivity index is 1.69. The van der Waals surface area contributed by atoms with Gasteiger partial charge in [0.05, 0.1) is 4.92 Å². The van der Waals surface area contributed by atoms with E-state index in [1.165, 1.54) is 6.07 Å². The normalized spacial score (nSPS) is 12.7. The summed E-state index contributed by atoms with van der Waals surface area (Å²) in [7, 11) is 0. The first kappa shape index (κ1) is 16.4. The highest BCUT2D eigenvalue weighted by Crippen LogP contribution is 2.36. The van der Waals surface area contributed by atoms with Gasteiger partial charge in [0.2, 0.25) is 0 Å². The standard InChI is InChI=1S/C20H14N2O3S/c23-20-15-6-2-1-5-13(15)12-26-19-11-14(9-10-16(19)20)21-17-7-3-4-8-18(17)22(24)25/h1-11,21H,12H2. The minimum absolute atomic E-state index is 0.0119. The van der Waals surface area contributed by atoms with Crippen LogP contribution >= 0.6 is 11.8 Å². The summed E-state index contributed by atoms with van der Waals surface area (Å²) in [6.07, 6.45) is 0. The second-order valence-corrected chi connectivity index (χ2v) is 6.90.